The Balaban J connectivity index is 1.91. The number of benzene rings is 1. The third-order valence-electron chi connectivity index (χ3n) is 3.69. The second-order valence-corrected chi connectivity index (χ2v) is 5.59. The Labute approximate surface area is 111 Å². The number of phenolic OH excluding ortho intramolecular Hbond substituents is 1. The molecule has 1 aliphatic carbocycles. The largest absolute Gasteiger partial charge is 0.504 e. The van der Waals surface area contributed by atoms with E-state index in [4.69, 9.17) is 9.26 Å². The lowest BCUT2D eigenvalue weighted by Crippen LogP contribution is -1.92. The van der Waals surface area contributed by atoms with Crippen LogP contribution in [-0.4, -0.2) is 22.4 Å². The van der Waals surface area contributed by atoms with Gasteiger partial charge in [-0.25, -0.2) is 0 Å². The Kier molecular flexibility index (Phi) is 2.52. The van der Waals surface area contributed by atoms with E-state index in [1.54, 1.807) is 18.2 Å². The molecule has 0 radical (unpaired) electrons. The van der Waals surface area contributed by atoms with Crippen LogP contribution in [0.15, 0.2) is 22.7 Å². The van der Waals surface area contributed by atoms with E-state index in [-0.39, 0.29) is 11.2 Å². The van der Waals surface area contributed by atoms with Crippen LogP contribution < -0.4 is 4.74 Å². The third-order valence-corrected chi connectivity index (χ3v) is 3.69. The van der Waals surface area contributed by atoms with Crippen molar-refractivity contribution in [3.63, 3.8) is 0 Å². The van der Waals surface area contributed by atoms with Crippen LogP contribution >= 0.6 is 0 Å². The number of aromatic nitrogens is 2. The molecular weight excluding hydrogens is 244 g/mol. The minimum atomic E-state index is 0.0920. The molecule has 0 saturated heterocycles. The van der Waals surface area contributed by atoms with Crippen molar-refractivity contribution in [1.29, 1.82) is 0 Å². The second-order valence-electron chi connectivity index (χ2n) is 5.59. The molecule has 3 rings (SSSR count). The molecule has 1 aliphatic rings. The van der Waals surface area contributed by atoms with Gasteiger partial charge in [-0.2, -0.15) is 4.98 Å². The first-order valence-electron chi connectivity index (χ1n) is 6.22. The van der Waals surface area contributed by atoms with Gasteiger partial charge in [0.2, 0.25) is 0 Å². The van der Waals surface area contributed by atoms with E-state index in [0.29, 0.717) is 17.6 Å². The number of ether oxygens (including phenoxy) is 1. The van der Waals surface area contributed by atoms with Crippen molar-refractivity contribution in [2.45, 2.75) is 26.2 Å². The standard InChI is InChI=1S/C14H16N2O3/c1-14(2)7-9(14)12-15-13(19-16-12)8-4-5-10(17)11(6-8)18-3/h4-6,9,17H,7H2,1-3H3. The number of methoxy groups -OCH3 is 1. The van der Waals surface area contributed by atoms with Crippen molar-refractivity contribution in [3.8, 4) is 23.0 Å². The average Bonchev–Trinajstić information content (AvgIpc) is 2.82. The Morgan fingerprint density at radius 3 is 2.79 bits per heavy atom. The fourth-order valence-corrected chi connectivity index (χ4v) is 2.21. The van der Waals surface area contributed by atoms with E-state index in [2.05, 4.69) is 24.0 Å². The zero-order chi connectivity index (χ0) is 13.6. The predicted molar refractivity (Wildman–Crippen MR) is 69.1 cm³/mol. The second kappa shape index (κ2) is 3.98. The molecule has 0 aliphatic heterocycles. The lowest BCUT2D eigenvalue weighted by Gasteiger charge is -2.03. The smallest absolute Gasteiger partial charge is 0.258 e. The van der Waals surface area contributed by atoms with Gasteiger partial charge in [0.1, 0.15) is 0 Å². The van der Waals surface area contributed by atoms with Gasteiger partial charge >= 0.3 is 0 Å². The van der Waals surface area contributed by atoms with Crippen LogP contribution in [0.3, 0.4) is 0 Å². The van der Waals surface area contributed by atoms with E-state index in [1.807, 2.05) is 0 Å². The van der Waals surface area contributed by atoms with Crippen LogP contribution in [0.5, 0.6) is 11.5 Å². The van der Waals surface area contributed by atoms with Gasteiger partial charge in [-0.3, -0.25) is 0 Å². The number of aromatic hydroxyl groups is 1. The van der Waals surface area contributed by atoms with Gasteiger partial charge in [-0.1, -0.05) is 19.0 Å². The van der Waals surface area contributed by atoms with E-state index in [0.717, 1.165) is 17.8 Å². The molecule has 1 heterocycles. The fraction of sp³-hybridized carbons (Fsp3) is 0.429. The maximum absolute atomic E-state index is 9.56. The molecule has 0 spiro atoms. The Morgan fingerprint density at radius 1 is 1.42 bits per heavy atom. The number of hydrogen-bond acceptors (Lipinski definition) is 5. The Hall–Kier alpha value is -2.04. The van der Waals surface area contributed by atoms with Gasteiger partial charge in [-0.15, -0.1) is 0 Å². The van der Waals surface area contributed by atoms with Gasteiger partial charge in [0.25, 0.3) is 5.89 Å². The summed E-state index contributed by atoms with van der Waals surface area (Å²) in [5.41, 5.74) is 1.01. The predicted octanol–water partition coefficient (Wildman–Crippen LogP) is 2.96. The highest BCUT2D eigenvalue weighted by Gasteiger charge is 2.49. The number of rotatable bonds is 3. The van der Waals surface area contributed by atoms with E-state index >= 15 is 0 Å². The topological polar surface area (TPSA) is 68.4 Å². The number of hydrogen-bond donors (Lipinski definition) is 1. The summed E-state index contributed by atoms with van der Waals surface area (Å²) in [4.78, 5) is 4.43. The van der Waals surface area contributed by atoms with E-state index < -0.39 is 0 Å². The van der Waals surface area contributed by atoms with Crippen LogP contribution in [0, 0.1) is 5.41 Å². The van der Waals surface area contributed by atoms with Crippen LogP contribution in [0.4, 0.5) is 0 Å². The molecule has 1 unspecified atom stereocenters. The molecule has 1 N–H and O–H groups in total. The third kappa shape index (κ3) is 2.05. The summed E-state index contributed by atoms with van der Waals surface area (Å²) in [5, 5.41) is 13.6. The maximum Gasteiger partial charge on any atom is 0.258 e. The molecule has 1 saturated carbocycles. The van der Waals surface area contributed by atoms with Crippen LogP contribution in [-0.2, 0) is 0 Å². The highest BCUT2D eigenvalue weighted by Crippen LogP contribution is 2.57. The quantitative estimate of drug-likeness (QED) is 0.918. The molecule has 1 atom stereocenters. The fourth-order valence-electron chi connectivity index (χ4n) is 2.21. The molecule has 2 aromatic rings. The maximum atomic E-state index is 9.56. The highest BCUT2D eigenvalue weighted by atomic mass is 16.5. The van der Waals surface area contributed by atoms with Gasteiger partial charge in [-0.05, 0) is 30.0 Å². The van der Waals surface area contributed by atoms with Gasteiger partial charge in [0.15, 0.2) is 17.3 Å². The summed E-state index contributed by atoms with van der Waals surface area (Å²) in [5.74, 6) is 2.07. The highest BCUT2D eigenvalue weighted by molar-refractivity contribution is 5.59. The molecule has 100 valence electrons. The van der Waals surface area contributed by atoms with Crippen molar-refractivity contribution in [2.75, 3.05) is 7.11 Å². The minimum Gasteiger partial charge on any atom is -0.504 e. The van der Waals surface area contributed by atoms with Gasteiger partial charge in [0, 0.05) is 11.5 Å². The lowest BCUT2D eigenvalue weighted by atomic mass is 10.1. The van der Waals surface area contributed by atoms with Crippen LogP contribution in [0.1, 0.15) is 32.0 Å². The van der Waals surface area contributed by atoms with E-state index in [9.17, 15) is 5.11 Å². The van der Waals surface area contributed by atoms with E-state index in [1.165, 1.54) is 7.11 Å². The molecule has 0 amide bonds. The summed E-state index contributed by atoms with van der Waals surface area (Å²) in [6.07, 6.45) is 1.09. The van der Waals surface area contributed by atoms with Crippen molar-refractivity contribution in [3.05, 3.63) is 24.0 Å². The lowest BCUT2D eigenvalue weighted by molar-refractivity contribution is 0.373. The first-order valence-corrected chi connectivity index (χ1v) is 6.22. The molecule has 19 heavy (non-hydrogen) atoms. The molecular formula is C14H16N2O3. The number of nitrogens with zero attached hydrogens (tertiary/aromatic N) is 2. The minimum absolute atomic E-state index is 0.0920. The SMILES string of the molecule is COc1cc(-c2nc(C3CC3(C)C)no2)ccc1O. The number of phenols is 1. The van der Waals surface area contributed by atoms with Crippen LogP contribution in [0.25, 0.3) is 11.5 Å². The van der Waals surface area contributed by atoms with Crippen molar-refractivity contribution >= 4 is 0 Å². The molecule has 1 fully saturated rings. The summed E-state index contributed by atoms with van der Waals surface area (Å²) in [6, 6.07) is 4.97. The summed E-state index contributed by atoms with van der Waals surface area (Å²) < 4.78 is 10.4. The summed E-state index contributed by atoms with van der Waals surface area (Å²) >= 11 is 0. The van der Waals surface area contributed by atoms with Crippen molar-refractivity contribution in [1.82, 2.24) is 10.1 Å². The summed E-state index contributed by atoms with van der Waals surface area (Å²) in [7, 11) is 1.50. The zero-order valence-electron chi connectivity index (χ0n) is 11.2. The van der Waals surface area contributed by atoms with Crippen molar-refractivity contribution in [2.24, 2.45) is 5.41 Å². The molecule has 1 aromatic carbocycles. The Bertz CT molecular complexity index is 619. The Morgan fingerprint density at radius 2 is 2.16 bits per heavy atom. The summed E-state index contributed by atoms with van der Waals surface area (Å²) in [6.45, 7) is 4.38. The monoisotopic (exact) mass is 260 g/mol. The van der Waals surface area contributed by atoms with Crippen molar-refractivity contribution < 1.29 is 14.4 Å². The molecule has 5 nitrogen and oxygen atoms in total. The molecule has 1 aromatic heterocycles. The van der Waals surface area contributed by atoms with Crippen LogP contribution in [0.2, 0.25) is 0 Å². The zero-order valence-corrected chi connectivity index (χ0v) is 11.2. The average molecular weight is 260 g/mol. The first-order chi connectivity index (χ1) is 9.01. The molecule has 5 heteroatoms. The van der Waals surface area contributed by atoms with Gasteiger partial charge < -0.3 is 14.4 Å². The molecule has 0 bridgehead atoms. The van der Waals surface area contributed by atoms with Gasteiger partial charge in [0.05, 0.1) is 7.11 Å². The first kappa shape index (κ1) is 12.0. The normalized spacial score (nSPS) is 20.3.